The summed E-state index contributed by atoms with van der Waals surface area (Å²) in [5.74, 6) is -1.38. The van der Waals surface area contributed by atoms with Crippen LogP contribution >= 0.6 is 23.2 Å². The van der Waals surface area contributed by atoms with E-state index >= 15 is 0 Å². The molecule has 0 saturated heterocycles. The van der Waals surface area contributed by atoms with Gasteiger partial charge >= 0.3 is 0 Å². The number of nitrogens with one attached hydrogen (secondary N) is 1. The fourth-order valence-corrected chi connectivity index (χ4v) is 5.26. The first-order chi connectivity index (χ1) is 18.8. The average molecular weight is 571 g/mol. The van der Waals surface area contributed by atoms with Crippen LogP contribution < -0.4 is 11.1 Å². The number of primary amides is 1. The van der Waals surface area contributed by atoms with E-state index in [4.69, 9.17) is 28.9 Å². The van der Waals surface area contributed by atoms with Crippen LogP contribution in [0.15, 0.2) is 66.7 Å². The maximum atomic E-state index is 13.8. The summed E-state index contributed by atoms with van der Waals surface area (Å²) in [4.78, 5) is 28.3. The van der Waals surface area contributed by atoms with E-state index in [1.807, 2.05) is 56.3 Å². The largest absolute Gasteiger partial charge is 0.391 e. The van der Waals surface area contributed by atoms with E-state index in [1.54, 1.807) is 29.2 Å². The van der Waals surface area contributed by atoms with Gasteiger partial charge < -0.3 is 21.1 Å². The Morgan fingerprint density at radius 3 is 2.21 bits per heavy atom. The number of nitrogens with zero attached hydrogens (tertiary/aromatic N) is 1. The van der Waals surface area contributed by atoms with Crippen molar-refractivity contribution in [1.29, 1.82) is 0 Å². The molecule has 3 aromatic carbocycles. The second-order valence-electron chi connectivity index (χ2n) is 9.63. The van der Waals surface area contributed by atoms with Gasteiger partial charge in [-0.05, 0) is 54.2 Å². The molecule has 0 unspecified atom stereocenters. The zero-order valence-electron chi connectivity index (χ0n) is 22.5. The number of aliphatic hydroxyl groups is 1. The van der Waals surface area contributed by atoms with Gasteiger partial charge in [0.1, 0.15) is 0 Å². The van der Waals surface area contributed by atoms with Crippen molar-refractivity contribution in [2.24, 2.45) is 5.73 Å². The zero-order chi connectivity index (χ0) is 28.4. The van der Waals surface area contributed by atoms with E-state index in [0.717, 1.165) is 24.0 Å². The van der Waals surface area contributed by atoms with Crippen molar-refractivity contribution in [3.63, 3.8) is 0 Å². The third kappa shape index (κ3) is 8.05. The number of rotatable bonds is 14. The van der Waals surface area contributed by atoms with Crippen molar-refractivity contribution in [1.82, 2.24) is 10.2 Å². The summed E-state index contributed by atoms with van der Waals surface area (Å²) in [5, 5.41) is 15.8. The molecule has 0 heterocycles. The summed E-state index contributed by atoms with van der Waals surface area (Å²) >= 11 is 12.5. The van der Waals surface area contributed by atoms with Crippen LogP contribution in [0.3, 0.4) is 0 Å². The van der Waals surface area contributed by atoms with E-state index in [-0.39, 0.29) is 18.0 Å². The normalized spacial score (nSPS) is 12.6. The van der Waals surface area contributed by atoms with Crippen molar-refractivity contribution >= 4 is 35.0 Å². The minimum absolute atomic E-state index is 0.166. The molecule has 0 aromatic heterocycles. The summed E-state index contributed by atoms with van der Waals surface area (Å²) in [6.07, 6.45) is 1.08. The topological polar surface area (TPSA) is 95.7 Å². The number of hydrogen-bond donors (Lipinski definition) is 3. The molecule has 2 atom stereocenters. The van der Waals surface area contributed by atoms with Crippen LogP contribution in [0.5, 0.6) is 0 Å². The predicted octanol–water partition coefficient (Wildman–Crippen LogP) is 5.83. The van der Waals surface area contributed by atoms with E-state index in [9.17, 15) is 14.7 Å². The summed E-state index contributed by atoms with van der Waals surface area (Å²) in [5.41, 5.74) is 8.72. The molecular formula is C31H37Cl2N3O3. The van der Waals surface area contributed by atoms with Crippen LogP contribution in [-0.2, 0) is 13.0 Å². The van der Waals surface area contributed by atoms with Gasteiger partial charge in [0.05, 0.1) is 16.1 Å². The quantitative estimate of drug-likeness (QED) is 0.227. The summed E-state index contributed by atoms with van der Waals surface area (Å²) in [7, 11) is 0. The number of hydrogen-bond acceptors (Lipinski definition) is 4. The van der Waals surface area contributed by atoms with Crippen molar-refractivity contribution < 1.29 is 14.7 Å². The number of carbonyl (C=O) groups excluding carboxylic acids is 2. The van der Waals surface area contributed by atoms with Crippen molar-refractivity contribution in [2.75, 3.05) is 19.6 Å². The van der Waals surface area contributed by atoms with Crippen LogP contribution in [0.1, 0.15) is 70.0 Å². The standard InChI is InChI=1S/C31H37Cl2N3O3/c1-3-16-36(17-4-2)31(39)24-14-9-13-23(30(34)38)28(24)25(18-21-10-6-5-7-11-21)27(37)20-35-19-22-12-8-15-26(32)29(22)33/h5-15,25,27,35,37H,3-4,16-20H2,1-2H3,(H2,34,38)/t25-,27+/m1/s1. The van der Waals surface area contributed by atoms with Crippen LogP contribution in [0.4, 0.5) is 0 Å². The molecule has 0 aliphatic carbocycles. The molecule has 4 N–H and O–H groups in total. The highest BCUT2D eigenvalue weighted by atomic mass is 35.5. The smallest absolute Gasteiger partial charge is 0.254 e. The zero-order valence-corrected chi connectivity index (χ0v) is 24.0. The third-order valence-electron chi connectivity index (χ3n) is 6.71. The Hall–Kier alpha value is -2.90. The molecule has 0 aliphatic heterocycles. The first-order valence-electron chi connectivity index (χ1n) is 13.4. The summed E-state index contributed by atoms with van der Waals surface area (Å²) in [6, 6.07) is 20.1. The fourth-order valence-electron chi connectivity index (χ4n) is 4.87. The highest BCUT2D eigenvalue weighted by Crippen LogP contribution is 2.32. The van der Waals surface area contributed by atoms with Gasteiger partial charge in [-0.3, -0.25) is 9.59 Å². The van der Waals surface area contributed by atoms with Gasteiger partial charge in [0.15, 0.2) is 0 Å². The SMILES string of the molecule is CCCN(CCC)C(=O)c1cccc(C(N)=O)c1[C@H](Cc1ccccc1)[C@@H](O)CNCc1cccc(Cl)c1Cl. The Bertz CT molecular complexity index is 1250. The lowest BCUT2D eigenvalue weighted by Crippen LogP contribution is -2.37. The monoisotopic (exact) mass is 569 g/mol. The molecule has 2 amide bonds. The molecular weight excluding hydrogens is 533 g/mol. The number of carbonyl (C=O) groups is 2. The highest BCUT2D eigenvalue weighted by Gasteiger charge is 2.31. The van der Waals surface area contributed by atoms with Crippen LogP contribution in [0.25, 0.3) is 0 Å². The van der Waals surface area contributed by atoms with Crippen molar-refractivity contribution in [3.05, 3.63) is 105 Å². The number of aliphatic hydroxyl groups excluding tert-OH is 1. The van der Waals surface area contributed by atoms with Crippen LogP contribution in [0.2, 0.25) is 10.0 Å². The Morgan fingerprint density at radius 2 is 1.56 bits per heavy atom. The van der Waals surface area contributed by atoms with E-state index < -0.39 is 17.9 Å². The average Bonchev–Trinajstić information content (AvgIpc) is 2.93. The van der Waals surface area contributed by atoms with Gasteiger partial charge in [-0.25, -0.2) is 0 Å². The molecule has 208 valence electrons. The third-order valence-corrected chi connectivity index (χ3v) is 7.57. The number of benzene rings is 3. The van der Waals surface area contributed by atoms with Gasteiger partial charge in [-0.15, -0.1) is 0 Å². The Labute approximate surface area is 241 Å². The molecule has 0 aliphatic rings. The van der Waals surface area contributed by atoms with Crippen LogP contribution in [0, 0.1) is 0 Å². The van der Waals surface area contributed by atoms with Gasteiger partial charge in [-0.2, -0.15) is 0 Å². The molecule has 39 heavy (non-hydrogen) atoms. The predicted molar refractivity (Wildman–Crippen MR) is 159 cm³/mol. The molecule has 8 heteroatoms. The van der Waals surface area contributed by atoms with E-state index in [1.165, 1.54) is 0 Å². The molecule has 0 fully saturated rings. The molecule has 0 radical (unpaired) electrons. The molecule has 3 rings (SSSR count). The minimum Gasteiger partial charge on any atom is -0.391 e. The molecule has 0 saturated carbocycles. The fraction of sp³-hybridized carbons (Fsp3) is 0.355. The Kier molecular flexibility index (Phi) is 11.8. The maximum Gasteiger partial charge on any atom is 0.254 e. The van der Waals surface area contributed by atoms with Gasteiger partial charge in [-0.1, -0.05) is 85.6 Å². The lowest BCUT2D eigenvalue weighted by atomic mass is 9.81. The molecule has 0 bridgehead atoms. The minimum atomic E-state index is -0.944. The molecule has 0 spiro atoms. The molecule has 6 nitrogen and oxygen atoms in total. The Morgan fingerprint density at radius 1 is 0.923 bits per heavy atom. The van der Waals surface area contributed by atoms with Crippen molar-refractivity contribution in [3.8, 4) is 0 Å². The number of amides is 2. The first kappa shape index (κ1) is 30.6. The lowest BCUT2D eigenvalue weighted by molar-refractivity contribution is 0.0751. The lowest BCUT2D eigenvalue weighted by Gasteiger charge is -2.30. The maximum absolute atomic E-state index is 13.8. The Balaban J connectivity index is 2.02. The molecule has 3 aromatic rings. The highest BCUT2D eigenvalue weighted by molar-refractivity contribution is 6.42. The van der Waals surface area contributed by atoms with Gasteiger partial charge in [0.25, 0.3) is 5.91 Å². The summed E-state index contributed by atoms with van der Waals surface area (Å²) < 4.78 is 0. The van der Waals surface area contributed by atoms with E-state index in [0.29, 0.717) is 47.2 Å². The van der Waals surface area contributed by atoms with Gasteiger partial charge in [0, 0.05) is 43.2 Å². The van der Waals surface area contributed by atoms with Crippen molar-refractivity contribution in [2.45, 2.75) is 51.7 Å². The van der Waals surface area contributed by atoms with Gasteiger partial charge in [0.2, 0.25) is 5.91 Å². The first-order valence-corrected chi connectivity index (χ1v) is 14.1. The van der Waals surface area contributed by atoms with E-state index in [2.05, 4.69) is 5.32 Å². The number of nitrogens with two attached hydrogens (primary N) is 1. The number of halogens is 2. The summed E-state index contributed by atoms with van der Waals surface area (Å²) in [6.45, 7) is 5.82. The second kappa shape index (κ2) is 15.0. The second-order valence-corrected chi connectivity index (χ2v) is 10.4. The van der Waals surface area contributed by atoms with Crippen LogP contribution in [-0.4, -0.2) is 47.6 Å².